The summed E-state index contributed by atoms with van der Waals surface area (Å²) >= 11 is 0. The number of rotatable bonds is 6. The first-order valence-corrected chi connectivity index (χ1v) is 16.7. The van der Waals surface area contributed by atoms with E-state index in [1.807, 2.05) is 48.7 Å². The van der Waals surface area contributed by atoms with E-state index in [0.717, 1.165) is 33.4 Å². The highest BCUT2D eigenvalue weighted by molar-refractivity contribution is 6.21. The number of benzene rings is 7. The molecule has 0 amide bonds. The molecule has 0 spiro atoms. The zero-order chi connectivity index (χ0) is 33.3. The SMILES string of the molecule is c1ccc(-c2nc(-c3cccc(-c4cccnc4)c3)nc(-c3cccc(-c4c5ccccc5c(-c5ccccc5)c5ccccc45)c3)n2)cc1. The molecule has 0 saturated carbocycles. The lowest BCUT2D eigenvalue weighted by atomic mass is 9.86. The van der Waals surface area contributed by atoms with Crippen LogP contribution < -0.4 is 0 Å². The van der Waals surface area contributed by atoms with Gasteiger partial charge < -0.3 is 0 Å². The number of hydrogen-bond donors (Lipinski definition) is 0. The topological polar surface area (TPSA) is 51.6 Å². The molecule has 0 aliphatic carbocycles. The molecule has 4 nitrogen and oxygen atoms in total. The number of nitrogens with zero attached hydrogens (tertiary/aromatic N) is 4. The van der Waals surface area contributed by atoms with Crippen LogP contribution in [-0.2, 0) is 0 Å². The Balaban J connectivity index is 1.24. The van der Waals surface area contributed by atoms with E-state index >= 15 is 0 Å². The molecule has 50 heavy (non-hydrogen) atoms. The number of pyridine rings is 1. The minimum atomic E-state index is 0.619. The van der Waals surface area contributed by atoms with Crippen LogP contribution in [0.3, 0.4) is 0 Å². The molecule has 0 radical (unpaired) electrons. The molecule has 2 aromatic heterocycles. The lowest BCUT2D eigenvalue weighted by Crippen LogP contribution is -2.00. The average Bonchev–Trinajstić information content (AvgIpc) is 3.21. The van der Waals surface area contributed by atoms with Crippen LogP contribution in [-0.4, -0.2) is 19.9 Å². The van der Waals surface area contributed by atoms with E-state index < -0.39 is 0 Å². The van der Waals surface area contributed by atoms with Gasteiger partial charge in [-0.2, -0.15) is 0 Å². The molecule has 0 aliphatic rings. The van der Waals surface area contributed by atoms with Gasteiger partial charge in [-0.3, -0.25) is 4.98 Å². The van der Waals surface area contributed by atoms with Crippen LogP contribution in [0.5, 0.6) is 0 Å². The van der Waals surface area contributed by atoms with Gasteiger partial charge >= 0.3 is 0 Å². The van der Waals surface area contributed by atoms with Gasteiger partial charge in [0.1, 0.15) is 0 Å². The van der Waals surface area contributed by atoms with E-state index in [1.165, 1.54) is 38.2 Å². The third kappa shape index (κ3) is 5.39. The average molecular weight is 639 g/mol. The minimum absolute atomic E-state index is 0.619. The van der Waals surface area contributed by atoms with Gasteiger partial charge in [0.25, 0.3) is 0 Å². The molecular formula is C46H30N4. The van der Waals surface area contributed by atoms with Crippen molar-refractivity contribution < 1.29 is 0 Å². The molecule has 0 unspecified atom stereocenters. The quantitative estimate of drug-likeness (QED) is 0.170. The molecule has 9 rings (SSSR count). The van der Waals surface area contributed by atoms with E-state index in [1.54, 1.807) is 6.20 Å². The molecule has 4 heteroatoms. The maximum Gasteiger partial charge on any atom is 0.164 e. The van der Waals surface area contributed by atoms with Crippen LogP contribution in [0, 0.1) is 0 Å². The van der Waals surface area contributed by atoms with Crippen molar-refractivity contribution >= 4 is 21.5 Å². The second-order valence-corrected chi connectivity index (χ2v) is 12.3. The summed E-state index contributed by atoms with van der Waals surface area (Å²) in [5.41, 5.74) is 9.62. The van der Waals surface area contributed by atoms with Gasteiger partial charge in [0.15, 0.2) is 17.5 Å². The van der Waals surface area contributed by atoms with Gasteiger partial charge in [0, 0.05) is 34.6 Å². The van der Waals surface area contributed by atoms with E-state index in [4.69, 9.17) is 15.0 Å². The molecule has 234 valence electrons. The van der Waals surface area contributed by atoms with Crippen LogP contribution in [0.25, 0.3) is 89.1 Å². The van der Waals surface area contributed by atoms with E-state index in [9.17, 15) is 0 Å². The van der Waals surface area contributed by atoms with Crippen LogP contribution in [0.1, 0.15) is 0 Å². The van der Waals surface area contributed by atoms with Gasteiger partial charge in [-0.25, -0.2) is 15.0 Å². The summed E-state index contributed by atoms with van der Waals surface area (Å²) in [6.07, 6.45) is 3.66. The van der Waals surface area contributed by atoms with Gasteiger partial charge in [-0.15, -0.1) is 0 Å². The Morgan fingerprint density at radius 3 is 1.22 bits per heavy atom. The van der Waals surface area contributed by atoms with Crippen LogP contribution in [0.15, 0.2) is 182 Å². The summed E-state index contributed by atoms with van der Waals surface area (Å²) in [6, 6.07) is 59.2. The van der Waals surface area contributed by atoms with Crippen LogP contribution in [0.2, 0.25) is 0 Å². The molecule has 0 aliphatic heterocycles. The Kier molecular flexibility index (Phi) is 7.45. The predicted octanol–water partition coefficient (Wildman–Crippen LogP) is 11.6. The number of fused-ring (bicyclic) bond motifs is 2. The lowest BCUT2D eigenvalue weighted by molar-refractivity contribution is 1.07. The number of aromatic nitrogens is 4. The molecule has 0 atom stereocenters. The summed E-state index contributed by atoms with van der Waals surface area (Å²) in [5, 5.41) is 4.85. The zero-order valence-corrected chi connectivity index (χ0v) is 27.1. The van der Waals surface area contributed by atoms with Gasteiger partial charge in [0.05, 0.1) is 0 Å². The third-order valence-corrected chi connectivity index (χ3v) is 9.19. The van der Waals surface area contributed by atoms with Gasteiger partial charge in [0.2, 0.25) is 0 Å². The fraction of sp³-hybridized carbons (Fsp3) is 0. The highest BCUT2D eigenvalue weighted by Crippen LogP contribution is 2.44. The Morgan fingerprint density at radius 2 is 0.680 bits per heavy atom. The summed E-state index contributed by atoms with van der Waals surface area (Å²) in [6.45, 7) is 0. The van der Waals surface area contributed by atoms with Crippen molar-refractivity contribution in [2.75, 3.05) is 0 Å². The molecule has 0 fully saturated rings. The van der Waals surface area contributed by atoms with Crippen molar-refractivity contribution in [2.45, 2.75) is 0 Å². The van der Waals surface area contributed by atoms with Crippen molar-refractivity contribution in [1.82, 2.24) is 19.9 Å². The van der Waals surface area contributed by atoms with E-state index in [2.05, 4.69) is 132 Å². The first kappa shape index (κ1) is 29.4. The lowest BCUT2D eigenvalue weighted by Gasteiger charge is -2.18. The first-order chi connectivity index (χ1) is 24.8. The Labute approximate surface area is 290 Å². The zero-order valence-electron chi connectivity index (χ0n) is 27.1. The van der Waals surface area contributed by atoms with E-state index in [0.29, 0.717) is 17.5 Å². The molecule has 0 saturated heterocycles. The summed E-state index contributed by atoms with van der Waals surface area (Å²) < 4.78 is 0. The van der Waals surface area contributed by atoms with E-state index in [-0.39, 0.29) is 0 Å². The van der Waals surface area contributed by atoms with Crippen molar-refractivity contribution in [1.29, 1.82) is 0 Å². The monoisotopic (exact) mass is 638 g/mol. The van der Waals surface area contributed by atoms with Crippen molar-refractivity contribution in [2.24, 2.45) is 0 Å². The Morgan fingerprint density at radius 1 is 0.280 bits per heavy atom. The fourth-order valence-corrected chi connectivity index (χ4v) is 6.89. The first-order valence-electron chi connectivity index (χ1n) is 16.7. The third-order valence-electron chi connectivity index (χ3n) is 9.19. The second-order valence-electron chi connectivity index (χ2n) is 12.3. The van der Waals surface area contributed by atoms with Crippen molar-refractivity contribution in [3.8, 4) is 67.5 Å². The standard InChI is InChI=1S/C46H30N4/c1-3-14-31(15-4-1)42-38-23-7-9-25-40(38)43(41-26-10-8-24-39(41)42)34-19-12-21-36(29-34)46-49-44(32-16-5-2-6-17-32)48-45(50-46)35-20-11-18-33(28-35)37-22-13-27-47-30-37/h1-30H. The molecule has 9 aromatic rings. The Hall–Kier alpha value is -6.78. The Bertz CT molecular complexity index is 2580. The maximum atomic E-state index is 5.11. The summed E-state index contributed by atoms with van der Waals surface area (Å²) in [4.78, 5) is 19.5. The molecule has 0 N–H and O–H groups in total. The molecule has 2 heterocycles. The largest absolute Gasteiger partial charge is 0.264 e. The van der Waals surface area contributed by atoms with Crippen LogP contribution >= 0.6 is 0 Å². The maximum absolute atomic E-state index is 5.11. The van der Waals surface area contributed by atoms with Crippen molar-refractivity contribution in [3.63, 3.8) is 0 Å². The highest BCUT2D eigenvalue weighted by atomic mass is 15.0. The highest BCUT2D eigenvalue weighted by Gasteiger charge is 2.18. The van der Waals surface area contributed by atoms with Crippen LogP contribution in [0.4, 0.5) is 0 Å². The molecule has 7 aromatic carbocycles. The number of hydrogen-bond acceptors (Lipinski definition) is 4. The van der Waals surface area contributed by atoms with Gasteiger partial charge in [-0.1, -0.05) is 152 Å². The molecular weight excluding hydrogens is 609 g/mol. The van der Waals surface area contributed by atoms with Crippen molar-refractivity contribution in [3.05, 3.63) is 182 Å². The minimum Gasteiger partial charge on any atom is -0.264 e. The fourth-order valence-electron chi connectivity index (χ4n) is 6.89. The molecule has 0 bridgehead atoms. The normalized spacial score (nSPS) is 11.2. The smallest absolute Gasteiger partial charge is 0.164 e. The second kappa shape index (κ2) is 12.7. The summed E-state index contributed by atoms with van der Waals surface area (Å²) in [7, 11) is 0. The summed E-state index contributed by atoms with van der Waals surface area (Å²) in [5.74, 6) is 1.87. The predicted molar refractivity (Wildman–Crippen MR) is 205 cm³/mol. The van der Waals surface area contributed by atoms with Gasteiger partial charge in [-0.05, 0) is 67.6 Å².